The Hall–Kier alpha value is -3.62. The molecule has 0 aliphatic heterocycles. The topological polar surface area (TPSA) is 129 Å². The maximum absolute atomic E-state index is 12.8. The fourth-order valence-electron chi connectivity index (χ4n) is 2.72. The van der Waals surface area contributed by atoms with E-state index in [0.29, 0.717) is 17.7 Å². The Labute approximate surface area is 160 Å². The molecule has 9 nitrogen and oxygen atoms in total. The van der Waals surface area contributed by atoms with Crippen LogP contribution in [0.25, 0.3) is 11.0 Å². The number of primary amides is 1. The van der Waals surface area contributed by atoms with E-state index in [-0.39, 0.29) is 28.6 Å². The maximum Gasteiger partial charge on any atom is 0.337 e. The molecule has 0 unspecified atom stereocenters. The second kappa shape index (κ2) is 7.55. The van der Waals surface area contributed by atoms with Crippen LogP contribution in [0.3, 0.4) is 0 Å². The van der Waals surface area contributed by atoms with Crippen LogP contribution >= 0.6 is 0 Å². The molecule has 28 heavy (non-hydrogen) atoms. The Kier molecular flexibility index (Phi) is 5.16. The minimum atomic E-state index is -0.768. The first-order chi connectivity index (χ1) is 13.3. The molecule has 2 aromatic heterocycles. The summed E-state index contributed by atoms with van der Waals surface area (Å²) in [5.41, 5.74) is 5.07. The molecule has 3 N–H and O–H groups in total. The average Bonchev–Trinajstić information content (AvgIpc) is 3.03. The van der Waals surface area contributed by atoms with Crippen molar-refractivity contribution < 1.29 is 18.7 Å². The van der Waals surface area contributed by atoms with Crippen molar-refractivity contribution in [2.45, 2.75) is 33.4 Å². The van der Waals surface area contributed by atoms with E-state index in [1.54, 1.807) is 18.2 Å². The lowest BCUT2D eigenvalue weighted by Crippen LogP contribution is -2.19. The van der Waals surface area contributed by atoms with Crippen LogP contribution in [-0.4, -0.2) is 27.7 Å². The molecular formula is C19H20N4O5. The van der Waals surface area contributed by atoms with Crippen LogP contribution in [0.4, 0.5) is 5.69 Å². The molecule has 0 spiro atoms. The predicted molar refractivity (Wildman–Crippen MR) is 103 cm³/mol. The summed E-state index contributed by atoms with van der Waals surface area (Å²) in [7, 11) is 0. The molecule has 0 bridgehead atoms. The molecule has 0 atom stereocenters. The van der Waals surface area contributed by atoms with E-state index in [0.717, 1.165) is 6.07 Å². The van der Waals surface area contributed by atoms with Crippen LogP contribution in [0.2, 0.25) is 0 Å². The zero-order valence-electron chi connectivity index (χ0n) is 15.7. The zero-order valence-corrected chi connectivity index (χ0v) is 15.7. The number of hydrogen-bond acceptors (Lipinski definition) is 6. The number of nitrogens with one attached hydrogen (secondary N) is 1. The van der Waals surface area contributed by atoms with Crippen LogP contribution in [0.5, 0.6) is 5.75 Å². The van der Waals surface area contributed by atoms with Crippen molar-refractivity contribution in [3.8, 4) is 5.75 Å². The van der Waals surface area contributed by atoms with Gasteiger partial charge in [-0.2, -0.15) is 5.10 Å². The number of aromatic nitrogens is 2. The van der Waals surface area contributed by atoms with Gasteiger partial charge in [0.1, 0.15) is 11.3 Å². The maximum atomic E-state index is 12.8. The van der Waals surface area contributed by atoms with E-state index in [9.17, 15) is 14.4 Å². The third-order valence-corrected chi connectivity index (χ3v) is 3.90. The Morgan fingerprint density at radius 2 is 2.07 bits per heavy atom. The van der Waals surface area contributed by atoms with Gasteiger partial charge < -0.3 is 20.2 Å². The predicted octanol–water partition coefficient (Wildman–Crippen LogP) is 2.15. The second-order valence-electron chi connectivity index (χ2n) is 6.37. The molecule has 2 amide bonds. The second-order valence-corrected chi connectivity index (χ2v) is 6.37. The first-order valence-corrected chi connectivity index (χ1v) is 8.71. The highest BCUT2D eigenvalue weighted by Gasteiger charge is 2.19. The Morgan fingerprint density at radius 1 is 1.32 bits per heavy atom. The average molecular weight is 384 g/mol. The van der Waals surface area contributed by atoms with Crippen molar-refractivity contribution in [3.63, 3.8) is 0 Å². The number of nitrogens with two attached hydrogens (primary N) is 1. The van der Waals surface area contributed by atoms with Gasteiger partial charge in [0.15, 0.2) is 5.69 Å². The van der Waals surface area contributed by atoms with Gasteiger partial charge in [-0.05, 0) is 32.9 Å². The van der Waals surface area contributed by atoms with Gasteiger partial charge in [-0.1, -0.05) is 0 Å². The van der Waals surface area contributed by atoms with Crippen molar-refractivity contribution in [1.29, 1.82) is 0 Å². The number of ether oxygens (including phenoxy) is 1. The Balaban J connectivity index is 2.01. The molecule has 0 aliphatic carbocycles. The SMILES string of the molecule is CCn1cc(NC(=O)c2cc(=O)oc3cc(OC(C)C)ccc23)c(C(N)=O)n1. The van der Waals surface area contributed by atoms with Crippen molar-refractivity contribution in [2.75, 3.05) is 5.32 Å². The lowest BCUT2D eigenvalue weighted by molar-refractivity contribution is 0.0995. The zero-order chi connectivity index (χ0) is 20.4. The molecule has 146 valence electrons. The van der Waals surface area contributed by atoms with Crippen LogP contribution in [-0.2, 0) is 6.54 Å². The summed E-state index contributed by atoms with van der Waals surface area (Å²) in [6.45, 7) is 6.07. The van der Waals surface area contributed by atoms with E-state index < -0.39 is 17.4 Å². The first-order valence-electron chi connectivity index (χ1n) is 8.71. The summed E-state index contributed by atoms with van der Waals surface area (Å²) in [5, 5.41) is 7.05. The summed E-state index contributed by atoms with van der Waals surface area (Å²) < 4.78 is 12.3. The highest BCUT2D eigenvalue weighted by molar-refractivity contribution is 6.13. The number of amides is 2. The number of aryl methyl sites for hydroxylation is 1. The fraction of sp³-hybridized carbons (Fsp3) is 0.263. The third-order valence-electron chi connectivity index (χ3n) is 3.90. The summed E-state index contributed by atoms with van der Waals surface area (Å²) in [5.74, 6) is -0.840. The number of carbonyl (C=O) groups excluding carboxylic acids is 2. The summed E-state index contributed by atoms with van der Waals surface area (Å²) in [6, 6.07) is 5.96. The number of nitrogens with zero attached hydrogens (tertiary/aromatic N) is 2. The van der Waals surface area contributed by atoms with Gasteiger partial charge in [0.25, 0.3) is 11.8 Å². The standard InChI is InChI=1S/C19H20N4O5/c1-4-23-9-14(17(22-23)18(20)25)21-19(26)13-8-16(24)28-15-7-11(27-10(2)3)5-6-12(13)15/h5-10H,4H2,1-3H3,(H2,20,25)(H,21,26). The molecule has 0 aliphatic rings. The number of benzene rings is 1. The van der Waals surface area contributed by atoms with Gasteiger partial charge in [0.2, 0.25) is 0 Å². The highest BCUT2D eigenvalue weighted by Crippen LogP contribution is 2.24. The number of anilines is 1. The number of hydrogen-bond donors (Lipinski definition) is 2. The van der Waals surface area contributed by atoms with E-state index in [1.165, 1.54) is 10.9 Å². The van der Waals surface area contributed by atoms with Crippen molar-refractivity contribution in [2.24, 2.45) is 5.73 Å². The van der Waals surface area contributed by atoms with Crippen LogP contribution in [0.1, 0.15) is 41.6 Å². The van der Waals surface area contributed by atoms with Gasteiger partial charge in [-0.15, -0.1) is 0 Å². The smallest absolute Gasteiger partial charge is 0.337 e. The van der Waals surface area contributed by atoms with Crippen molar-refractivity contribution in [1.82, 2.24) is 9.78 Å². The quantitative estimate of drug-likeness (QED) is 0.626. The summed E-state index contributed by atoms with van der Waals surface area (Å²) >= 11 is 0. The van der Waals surface area contributed by atoms with Gasteiger partial charge >= 0.3 is 5.63 Å². The number of rotatable bonds is 6. The molecule has 0 radical (unpaired) electrons. The summed E-state index contributed by atoms with van der Waals surface area (Å²) in [4.78, 5) is 36.3. The van der Waals surface area contributed by atoms with E-state index in [4.69, 9.17) is 14.9 Å². The normalized spacial score (nSPS) is 11.0. The minimum Gasteiger partial charge on any atom is -0.491 e. The first kappa shape index (κ1) is 19.2. The van der Waals surface area contributed by atoms with Crippen molar-refractivity contribution in [3.05, 3.63) is 52.1 Å². The number of fused-ring (bicyclic) bond motifs is 1. The number of carbonyl (C=O) groups is 2. The van der Waals surface area contributed by atoms with Gasteiger partial charge in [0.05, 0.1) is 17.4 Å². The Morgan fingerprint density at radius 3 is 2.71 bits per heavy atom. The fourth-order valence-corrected chi connectivity index (χ4v) is 2.72. The molecular weight excluding hydrogens is 364 g/mol. The van der Waals surface area contributed by atoms with Gasteiger partial charge in [-0.3, -0.25) is 14.3 Å². The molecule has 1 aromatic carbocycles. The molecule has 3 rings (SSSR count). The lowest BCUT2D eigenvalue weighted by atomic mass is 10.1. The van der Waals surface area contributed by atoms with Crippen LogP contribution < -0.4 is 21.4 Å². The lowest BCUT2D eigenvalue weighted by Gasteiger charge is -2.11. The molecule has 0 saturated heterocycles. The molecule has 3 aromatic rings. The highest BCUT2D eigenvalue weighted by atomic mass is 16.5. The summed E-state index contributed by atoms with van der Waals surface area (Å²) in [6.07, 6.45) is 1.44. The van der Waals surface area contributed by atoms with Gasteiger partial charge in [-0.25, -0.2) is 4.79 Å². The van der Waals surface area contributed by atoms with Gasteiger partial charge in [0, 0.05) is 30.3 Å². The minimum absolute atomic E-state index is 0.0574. The van der Waals surface area contributed by atoms with Crippen LogP contribution in [0.15, 0.2) is 39.7 Å². The molecule has 2 heterocycles. The van der Waals surface area contributed by atoms with E-state index in [1.807, 2.05) is 20.8 Å². The Bertz CT molecular complexity index is 1110. The van der Waals surface area contributed by atoms with Crippen molar-refractivity contribution >= 4 is 28.5 Å². The molecule has 9 heteroatoms. The largest absolute Gasteiger partial charge is 0.491 e. The molecule has 0 saturated carbocycles. The monoisotopic (exact) mass is 384 g/mol. The van der Waals surface area contributed by atoms with E-state index in [2.05, 4.69) is 10.4 Å². The molecule has 0 fully saturated rings. The third kappa shape index (κ3) is 3.88. The van der Waals surface area contributed by atoms with E-state index >= 15 is 0 Å². The van der Waals surface area contributed by atoms with Crippen LogP contribution in [0, 0.1) is 0 Å².